The standard InChI is InChI=1S/C16H20N2O/c1-3-4-13-5-7-15(8-6-13)19-16-9-10-18-14(11-16)12-17-2/h5-11,17H,3-4,12H2,1-2H3. The number of nitrogens with zero attached hydrogens (tertiary/aromatic N) is 1. The topological polar surface area (TPSA) is 34.1 Å². The predicted octanol–water partition coefficient (Wildman–Crippen LogP) is 3.55. The van der Waals surface area contributed by atoms with Crippen LogP contribution in [0.5, 0.6) is 11.5 Å². The molecule has 0 aliphatic carbocycles. The summed E-state index contributed by atoms with van der Waals surface area (Å²) in [6, 6.07) is 12.1. The van der Waals surface area contributed by atoms with Gasteiger partial charge in [-0.15, -0.1) is 0 Å². The molecule has 0 unspecified atom stereocenters. The van der Waals surface area contributed by atoms with Gasteiger partial charge in [-0.25, -0.2) is 0 Å². The molecule has 0 atom stereocenters. The molecule has 100 valence electrons. The molecule has 0 aliphatic heterocycles. The third-order valence-electron chi connectivity index (χ3n) is 2.84. The Bertz CT molecular complexity index is 508. The second-order valence-corrected chi connectivity index (χ2v) is 4.51. The Morgan fingerprint density at radius 1 is 1.11 bits per heavy atom. The minimum absolute atomic E-state index is 0.743. The van der Waals surface area contributed by atoms with Gasteiger partial charge < -0.3 is 10.1 Å². The molecule has 3 heteroatoms. The van der Waals surface area contributed by atoms with Crippen LogP contribution in [0.3, 0.4) is 0 Å². The fourth-order valence-corrected chi connectivity index (χ4v) is 1.95. The highest BCUT2D eigenvalue weighted by Crippen LogP contribution is 2.22. The van der Waals surface area contributed by atoms with E-state index in [9.17, 15) is 0 Å². The first-order chi connectivity index (χ1) is 9.31. The normalized spacial score (nSPS) is 10.4. The van der Waals surface area contributed by atoms with Gasteiger partial charge in [-0.3, -0.25) is 4.98 Å². The molecule has 2 aromatic rings. The minimum Gasteiger partial charge on any atom is -0.457 e. The van der Waals surface area contributed by atoms with Crippen LogP contribution in [-0.4, -0.2) is 12.0 Å². The van der Waals surface area contributed by atoms with Crippen LogP contribution < -0.4 is 10.1 Å². The van der Waals surface area contributed by atoms with Crippen molar-refractivity contribution in [3.8, 4) is 11.5 Å². The second kappa shape index (κ2) is 6.90. The molecule has 0 aliphatic rings. The summed E-state index contributed by atoms with van der Waals surface area (Å²) in [6.07, 6.45) is 4.05. The van der Waals surface area contributed by atoms with Crippen molar-refractivity contribution in [3.05, 3.63) is 53.9 Å². The van der Waals surface area contributed by atoms with E-state index in [-0.39, 0.29) is 0 Å². The Hall–Kier alpha value is -1.87. The molecular weight excluding hydrogens is 236 g/mol. The highest BCUT2D eigenvalue weighted by atomic mass is 16.5. The van der Waals surface area contributed by atoms with Gasteiger partial charge in [0.05, 0.1) is 5.69 Å². The summed E-state index contributed by atoms with van der Waals surface area (Å²) < 4.78 is 5.83. The molecule has 0 radical (unpaired) electrons. The maximum absolute atomic E-state index is 5.83. The Labute approximate surface area is 114 Å². The van der Waals surface area contributed by atoms with Crippen molar-refractivity contribution in [2.75, 3.05) is 7.05 Å². The smallest absolute Gasteiger partial charge is 0.130 e. The van der Waals surface area contributed by atoms with E-state index in [0.29, 0.717) is 0 Å². The average molecular weight is 256 g/mol. The van der Waals surface area contributed by atoms with Crippen molar-refractivity contribution in [2.45, 2.75) is 26.3 Å². The van der Waals surface area contributed by atoms with E-state index in [1.165, 1.54) is 5.56 Å². The monoisotopic (exact) mass is 256 g/mol. The molecule has 0 spiro atoms. The van der Waals surface area contributed by atoms with Crippen LogP contribution in [0, 0.1) is 0 Å². The molecule has 2 rings (SSSR count). The van der Waals surface area contributed by atoms with Crippen LogP contribution in [0.2, 0.25) is 0 Å². The number of aromatic nitrogens is 1. The zero-order valence-corrected chi connectivity index (χ0v) is 11.5. The Balaban J connectivity index is 2.05. The number of pyridine rings is 1. The summed E-state index contributed by atoms with van der Waals surface area (Å²) in [5.41, 5.74) is 2.32. The Kier molecular flexibility index (Phi) is 4.93. The predicted molar refractivity (Wildman–Crippen MR) is 77.5 cm³/mol. The number of aryl methyl sites for hydroxylation is 1. The quantitative estimate of drug-likeness (QED) is 0.858. The maximum atomic E-state index is 5.83. The van der Waals surface area contributed by atoms with E-state index in [1.807, 2.05) is 31.3 Å². The largest absolute Gasteiger partial charge is 0.457 e. The van der Waals surface area contributed by atoms with Crippen molar-refractivity contribution in [2.24, 2.45) is 0 Å². The van der Waals surface area contributed by atoms with Gasteiger partial charge in [0.2, 0.25) is 0 Å². The van der Waals surface area contributed by atoms with Gasteiger partial charge in [-0.2, -0.15) is 0 Å². The third-order valence-corrected chi connectivity index (χ3v) is 2.84. The van der Waals surface area contributed by atoms with E-state index >= 15 is 0 Å². The summed E-state index contributed by atoms with van der Waals surface area (Å²) in [5.74, 6) is 1.69. The van der Waals surface area contributed by atoms with Crippen LogP contribution in [-0.2, 0) is 13.0 Å². The first-order valence-corrected chi connectivity index (χ1v) is 6.68. The number of benzene rings is 1. The maximum Gasteiger partial charge on any atom is 0.130 e. The van der Waals surface area contributed by atoms with Crippen molar-refractivity contribution >= 4 is 0 Å². The van der Waals surface area contributed by atoms with Crippen LogP contribution in [0.25, 0.3) is 0 Å². The lowest BCUT2D eigenvalue weighted by Crippen LogP contribution is -2.06. The fourth-order valence-electron chi connectivity index (χ4n) is 1.95. The molecule has 1 aromatic carbocycles. The number of ether oxygens (including phenoxy) is 1. The van der Waals surface area contributed by atoms with Gasteiger partial charge in [0.1, 0.15) is 11.5 Å². The number of rotatable bonds is 6. The van der Waals surface area contributed by atoms with E-state index in [4.69, 9.17) is 4.74 Å². The summed E-state index contributed by atoms with van der Waals surface area (Å²) in [4.78, 5) is 4.27. The van der Waals surface area contributed by atoms with Crippen LogP contribution in [0.1, 0.15) is 24.6 Å². The molecule has 1 aromatic heterocycles. The molecule has 1 N–H and O–H groups in total. The van der Waals surface area contributed by atoms with E-state index in [1.54, 1.807) is 6.20 Å². The van der Waals surface area contributed by atoms with Crippen molar-refractivity contribution in [3.63, 3.8) is 0 Å². The first kappa shape index (κ1) is 13.6. The average Bonchev–Trinajstić information content (AvgIpc) is 2.42. The van der Waals surface area contributed by atoms with E-state index < -0.39 is 0 Å². The van der Waals surface area contributed by atoms with E-state index in [0.717, 1.165) is 36.6 Å². The van der Waals surface area contributed by atoms with Gasteiger partial charge in [-0.1, -0.05) is 25.5 Å². The van der Waals surface area contributed by atoms with E-state index in [2.05, 4.69) is 29.4 Å². The van der Waals surface area contributed by atoms with Crippen LogP contribution >= 0.6 is 0 Å². The lowest BCUT2D eigenvalue weighted by atomic mass is 10.1. The van der Waals surface area contributed by atoms with Crippen molar-refractivity contribution in [1.29, 1.82) is 0 Å². The van der Waals surface area contributed by atoms with Gasteiger partial charge >= 0.3 is 0 Å². The van der Waals surface area contributed by atoms with Crippen LogP contribution in [0.4, 0.5) is 0 Å². The van der Waals surface area contributed by atoms with Gasteiger partial charge in [-0.05, 0) is 37.2 Å². The summed E-state index contributed by atoms with van der Waals surface area (Å²) >= 11 is 0. The molecule has 0 saturated heterocycles. The number of hydrogen-bond donors (Lipinski definition) is 1. The highest BCUT2D eigenvalue weighted by molar-refractivity contribution is 5.33. The zero-order chi connectivity index (χ0) is 13.5. The van der Waals surface area contributed by atoms with Gasteiger partial charge in [0, 0.05) is 18.8 Å². The zero-order valence-electron chi connectivity index (χ0n) is 11.5. The highest BCUT2D eigenvalue weighted by Gasteiger charge is 2.00. The molecular formula is C16H20N2O. The molecule has 19 heavy (non-hydrogen) atoms. The van der Waals surface area contributed by atoms with Crippen LogP contribution in [0.15, 0.2) is 42.6 Å². The van der Waals surface area contributed by atoms with Crippen molar-refractivity contribution in [1.82, 2.24) is 10.3 Å². The number of nitrogens with one attached hydrogen (secondary N) is 1. The number of hydrogen-bond acceptors (Lipinski definition) is 3. The molecule has 0 amide bonds. The molecule has 0 bridgehead atoms. The molecule has 0 saturated carbocycles. The lowest BCUT2D eigenvalue weighted by molar-refractivity contribution is 0.480. The molecule has 1 heterocycles. The molecule has 0 fully saturated rings. The van der Waals surface area contributed by atoms with Gasteiger partial charge in [0.25, 0.3) is 0 Å². The third kappa shape index (κ3) is 4.07. The first-order valence-electron chi connectivity index (χ1n) is 6.68. The SMILES string of the molecule is CCCc1ccc(Oc2ccnc(CNC)c2)cc1. The minimum atomic E-state index is 0.743. The Morgan fingerprint density at radius 3 is 2.58 bits per heavy atom. The second-order valence-electron chi connectivity index (χ2n) is 4.51. The van der Waals surface area contributed by atoms with Gasteiger partial charge in [0.15, 0.2) is 0 Å². The Morgan fingerprint density at radius 2 is 1.89 bits per heavy atom. The summed E-state index contributed by atoms with van der Waals surface area (Å²) in [5, 5.41) is 3.08. The lowest BCUT2D eigenvalue weighted by Gasteiger charge is -2.08. The fraction of sp³-hybridized carbons (Fsp3) is 0.312. The van der Waals surface area contributed by atoms with Crippen molar-refractivity contribution < 1.29 is 4.74 Å². The molecule has 3 nitrogen and oxygen atoms in total. The summed E-state index contributed by atoms with van der Waals surface area (Å²) in [7, 11) is 1.90. The summed E-state index contributed by atoms with van der Waals surface area (Å²) in [6.45, 7) is 2.93.